The average Bonchev–Trinajstić information content (AvgIpc) is 3.23. The van der Waals surface area contributed by atoms with Crippen molar-refractivity contribution in [2.75, 3.05) is 34.9 Å². The first kappa shape index (κ1) is 54.3. The Kier molecular flexibility index (Phi) is 20.5. The summed E-state index contributed by atoms with van der Waals surface area (Å²) in [5, 5.41) is 55.8. The van der Waals surface area contributed by atoms with E-state index in [0.717, 1.165) is 6.29 Å². The summed E-state index contributed by atoms with van der Waals surface area (Å²) in [6.07, 6.45) is -8.49. The van der Waals surface area contributed by atoms with Crippen molar-refractivity contribution in [3.8, 4) is 0 Å². The summed E-state index contributed by atoms with van der Waals surface area (Å²) in [5.74, 6) is -3.59. The van der Waals surface area contributed by atoms with Crippen molar-refractivity contribution in [3.63, 3.8) is 0 Å². The van der Waals surface area contributed by atoms with Gasteiger partial charge in [0.05, 0.1) is 55.2 Å². The van der Waals surface area contributed by atoms with Gasteiger partial charge in [0.25, 0.3) is 0 Å². The molecular formula is C46H77NO17. The molecule has 18 nitrogen and oxygen atoms in total. The van der Waals surface area contributed by atoms with E-state index in [-0.39, 0.29) is 31.7 Å². The van der Waals surface area contributed by atoms with Crippen LogP contribution in [0, 0.1) is 23.7 Å². The number of cyclic esters (lactones) is 1. The smallest absolute Gasteiger partial charge is 0.308 e. The average molecular weight is 916 g/mol. The van der Waals surface area contributed by atoms with Gasteiger partial charge in [-0.15, -0.1) is 0 Å². The van der Waals surface area contributed by atoms with E-state index in [1.807, 2.05) is 19.9 Å². The molecule has 4 heterocycles. The molecule has 4 aliphatic heterocycles. The first-order valence-corrected chi connectivity index (χ1v) is 22.7. The quantitative estimate of drug-likeness (QED) is 0.131. The number of aliphatic hydroxyl groups is 5. The number of ether oxygens (including phenoxy) is 9. The molecule has 18 heteroatoms. The molecule has 368 valence electrons. The predicted octanol–water partition coefficient (Wildman–Crippen LogP) is 1.83. The van der Waals surface area contributed by atoms with Crippen molar-refractivity contribution in [1.29, 1.82) is 0 Å². The SMILES string of the molecule is CCC1OC(=O)CC(O)C(C)[C@@H](O[C@@H]2OC(C)[C@H](O[C@@H]3C[C@@](C)(O)C(O)C(C)O3)C(N(C)C)C2O)[C@H](CC=O)CC(C)C(=O)/C=C/C(C)=C/[C@@H]1COC1OC(C)C(O)C(OC)[C@@H]1OC. The molecule has 4 aliphatic rings. The Labute approximate surface area is 378 Å². The van der Waals surface area contributed by atoms with Crippen LogP contribution in [0.3, 0.4) is 0 Å². The molecule has 13 unspecified atom stereocenters. The second kappa shape index (κ2) is 24.1. The Morgan fingerprint density at radius 1 is 0.859 bits per heavy atom. The highest BCUT2D eigenvalue weighted by atomic mass is 16.7. The number of ketones is 1. The van der Waals surface area contributed by atoms with E-state index in [4.69, 9.17) is 42.6 Å². The molecule has 0 saturated carbocycles. The second-order valence-corrected chi connectivity index (χ2v) is 18.7. The van der Waals surface area contributed by atoms with Crippen molar-refractivity contribution in [3.05, 3.63) is 23.8 Å². The fourth-order valence-electron chi connectivity index (χ4n) is 9.51. The molecule has 5 N–H and O–H groups in total. The summed E-state index contributed by atoms with van der Waals surface area (Å²) >= 11 is 0. The van der Waals surface area contributed by atoms with Crippen LogP contribution in [-0.4, -0.2) is 187 Å². The van der Waals surface area contributed by atoms with Crippen LogP contribution >= 0.6 is 0 Å². The number of esters is 1. The minimum atomic E-state index is -1.49. The minimum absolute atomic E-state index is 0.00788. The van der Waals surface area contributed by atoms with Gasteiger partial charge < -0.3 is 77.9 Å². The van der Waals surface area contributed by atoms with Gasteiger partial charge in [0.2, 0.25) is 0 Å². The zero-order valence-corrected chi connectivity index (χ0v) is 39.7. The predicted molar refractivity (Wildman–Crippen MR) is 230 cm³/mol. The molecule has 3 saturated heterocycles. The van der Waals surface area contributed by atoms with Crippen molar-refractivity contribution in [2.45, 2.75) is 191 Å². The van der Waals surface area contributed by atoms with Crippen molar-refractivity contribution in [1.82, 2.24) is 4.90 Å². The highest BCUT2D eigenvalue weighted by Crippen LogP contribution is 2.37. The van der Waals surface area contributed by atoms with Gasteiger partial charge in [-0.25, -0.2) is 0 Å². The van der Waals surface area contributed by atoms with Crippen LogP contribution in [0.4, 0.5) is 0 Å². The molecule has 0 aliphatic carbocycles. The fourth-order valence-corrected chi connectivity index (χ4v) is 9.51. The lowest BCUT2D eigenvalue weighted by Crippen LogP contribution is -2.65. The molecule has 0 aromatic heterocycles. The first-order chi connectivity index (χ1) is 30.1. The van der Waals surface area contributed by atoms with Gasteiger partial charge in [-0.05, 0) is 73.5 Å². The lowest BCUT2D eigenvalue weighted by atomic mass is 9.79. The summed E-state index contributed by atoms with van der Waals surface area (Å²) in [4.78, 5) is 41.5. The number of likely N-dealkylation sites (N-methyl/N-ethyl adjacent to an activating group) is 1. The van der Waals surface area contributed by atoms with Crippen molar-refractivity contribution in [2.24, 2.45) is 23.7 Å². The van der Waals surface area contributed by atoms with Crippen LogP contribution < -0.4 is 0 Å². The number of hydrogen-bond donors (Lipinski definition) is 5. The topological polar surface area (TPSA) is 239 Å². The maximum atomic E-state index is 13.8. The van der Waals surface area contributed by atoms with E-state index in [0.29, 0.717) is 12.0 Å². The van der Waals surface area contributed by atoms with E-state index in [1.165, 1.54) is 27.2 Å². The minimum Gasteiger partial charge on any atom is -0.462 e. The van der Waals surface area contributed by atoms with Gasteiger partial charge in [0.15, 0.2) is 24.7 Å². The number of aliphatic hydroxyl groups excluding tert-OH is 4. The third-order valence-corrected chi connectivity index (χ3v) is 13.4. The molecule has 21 atom stereocenters. The number of carbonyl (C=O) groups excluding carboxylic acids is 3. The summed E-state index contributed by atoms with van der Waals surface area (Å²) in [6.45, 7) is 13.6. The van der Waals surface area contributed by atoms with Gasteiger partial charge in [-0.3, -0.25) is 9.59 Å². The number of nitrogens with zero attached hydrogens (tertiary/aromatic N) is 1. The third-order valence-electron chi connectivity index (χ3n) is 13.4. The van der Waals surface area contributed by atoms with Crippen molar-refractivity contribution >= 4 is 18.0 Å². The largest absolute Gasteiger partial charge is 0.462 e. The van der Waals surface area contributed by atoms with Crippen LogP contribution in [0.2, 0.25) is 0 Å². The summed E-state index contributed by atoms with van der Waals surface area (Å²) in [7, 11) is 6.43. The Morgan fingerprint density at radius 3 is 2.11 bits per heavy atom. The molecule has 0 aromatic carbocycles. The van der Waals surface area contributed by atoms with Crippen LogP contribution in [0.1, 0.15) is 87.5 Å². The van der Waals surface area contributed by atoms with Crippen LogP contribution in [0.5, 0.6) is 0 Å². The molecule has 64 heavy (non-hydrogen) atoms. The standard InChI is InChI=1S/C46H77NO17/c1-13-33-30(22-58-45-42(57-12)41(56-11)37(52)26(5)60-45)18-23(2)14-15-31(49)24(3)19-29(16-17-48)39(25(4)32(50)20-34(51)62-33)64-44-38(53)36(47(9)10)40(27(6)61-44)63-35-21-46(8,55)43(54)28(7)59-35/h14-15,17-18,24-30,32-33,35-45,50,52-55H,13,16,19-22H2,1-12H3/b15-14+,23-18+/t24?,25?,26?,27?,28?,29-,30-,32?,33?,35-,36?,37?,38?,39-,40+,41?,42+,43?,44+,45?,46-/m1/s1. The summed E-state index contributed by atoms with van der Waals surface area (Å²) < 4.78 is 54.7. The molecule has 4 rings (SSSR count). The van der Waals surface area contributed by atoms with Gasteiger partial charge in [0, 0.05) is 44.8 Å². The fraction of sp³-hybridized carbons (Fsp3) is 0.848. The van der Waals surface area contributed by atoms with E-state index in [1.54, 1.807) is 59.7 Å². The summed E-state index contributed by atoms with van der Waals surface area (Å²) in [5.41, 5.74) is -0.806. The monoisotopic (exact) mass is 916 g/mol. The summed E-state index contributed by atoms with van der Waals surface area (Å²) in [6, 6.07) is -0.748. The van der Waals surface area contributed by atoms with E-state index >= 15 is 0 Å². The Hall–Kier alpha value is -2.27. The number of carbonyl (C=O) groups is 3. The van der Waals surface area contributed by atoms with Gasteiger partial charge in [0.1, 0.15) is 49.0 Å². The lowest BCUT2D eigenvalue weighted by molar-refractivity contribution is -0.341. The molecule has 0 amide bonds. The highest BCUT2D eigenvalue weighted by Gasteiger charge is 2.52. The molecule has 0 radical (unpaired) electrons. The van der Waals surface area contributed by atoms with Gasteiger partial charge in [-0.1, -0.05) is 38.5 Å². The highest BCUT2D eigenvalue weighted by molar-refractivity contribution is 5.91. The zero-order valence-electron chi connectivity index (χ0n) is 39.7. The van der Waals surface area contributed by atoms with Crippen LogP contribution in [0.15, 0.2) is 23.8 Å². The first-order valence-electron chi connectivity index (χ1n) is 22.7. The normalized spacial score (nSPS) is 45.9. The number of methoxy groups -OCH3 is 2. The number of aldehydes is 1. The molecular weight excluding hydrogens is 838 g/mol. The maximum absolute atomic E-state index is 13.8. The Morgan fingerprint density at radius 2 is 1.52 bits per heavy atom. The molecule has 3 fully saturated rings. The molecule has 0 spiro atoms. The van der Waals surface area contributed by atoms with Crippen molar-refractivity contribution < 1.29 is 82.5 Å². The Bertz CT molecular complexity index is 1560. The number of hydrogen-bond acceptors (Lipinski definition) is 18. The van der Waals surface area contributed by atoms with Gasteiger partial charge >= 0.3 is 5.97 Å². The van der Waals surface area contributed by atoms with E-state index < -0.39 is 140 Å². The molecule has 0 bridgehead atoms. The van der Waals surface area contributed by atoms with Crippen LogP contribution in [0.25, 0.3) is 0 Å². The van der Waals surface area contributed by atoms with E-state index in [2.05, 4.69) is 0 Å². The number of rotatable bonds is 13. The second-order valence-electron chi connectivity index (χ2n) is 18.7. The zero-order chi connectivity index (χ0) is 47.8. The van der Waals surface area contributed by atoms with E-state index in [9.17, 15) is 39.9 Å². The lowest BCUT2D eigenvalue weighted by Gasteiger charge is -2.50. The third kappa shape index (κ3) is 13.5. The maximum Gasteiger partial charge on any atom is 0.308 e. The molecule has 0 aromatic rings. The Balaban J connectivity index is 1.62. The number of allylic oxidation sites excluding steroid dienone is 3. The van der Waals surface area contributed by atoms with Crippen LogP contribution in [-0.2, 0) is 57.0 Å². The van der Waals surface area contributed by atoms with Gasteiger partial charge in [-0.2, -0.15) is 0 Å².